The maximum absolute atomic E-state index is 12.4. The van der Waals surface area contributed by atoms with E-state index in [2.05, 4.69) is 0 Å². The van der Waals surface area contributed by atoms with E-state index in [1.54, 1.807) is 48.5 Å². The van der Waals surface area contributed by atoms with Crippen molar-refractivity contribution in [3.05, 3.63) is 65.2 Å². The molecule has 1 saturated heterocycles. The molecule has 0 spiro atoms. The van der Waals surface area contributed by atoms with Crippen LogP contribution in [0.2, 0.25) is 0 Å². The third-order valence-electron chi connectivity index (χ3n) is 4.10. The Hall–Kier alpha value is -2.76. The Kier molecular flexibility index (Phi) is 5.30. The summed E-state index contributed by atoms with van der Waals surface area (Å²) < 4.78 is 10.6. The largest absolute Gasteiger partial charge is 0.462 e. The van der Waals surface area contributed by atoms with Crippen molar-refractivity contribution in [1.29, 1.82) is 5.26 Å². The zero-order valence-electron chi connectivity index (χ0n) is 13.6. The van der Waals surface area contributed by atoms with Gasteiger partial charge in [0.05, 0.1) is 18.2 Å². The summed E-state index contributed by atoms with van der Waals surface area (Å²) in [6, 6.07) is 14.5. The highest BCUT2D eigenvalue weighted by molar-refractivity contribution is 6.09. The summed E-state index contributed by atoms with van der Waals surface area (Å²) in [4.78, 5) is 12.4. The number of rotatable bonds is 4. The Balaban J connectivity index is 1.68. The third kappa shape index (κ3) is 3.74. The van der Waals surface area contributed by atoms with Gasteiger partial charge in [-0.15, -0.1) is 0 Å². The lowest BCUT2D eigenvalue weighted by Gasteiger charge is -2.34. The van der Waals surface area contributed by atoms with Gasteiger partial charge in [0.15, 0.2) is 5.78 Å². The fourth-order valence-electron chi connectivity index (χ4n) is 2.56. The lowest BCUT2D eigenvalue weighted by Crippen LogP contribution is -2.54. The molecule has 2 aromatic rings. The van der Waals surface area contributed by atoms with Crippen LogP contribution in [0.4, 0.5) is 0 Å². The second-order valence-corrected chi connectivity index (χ2v) is 5.91. The summed E-state index contributed by atoms with van der Waals surface area (Å²) in [6.45, 7) is -0.155. The van der Waals surface area contributed by atoms with Crippen LogP contribution in [0.5, 0.6) is 5.75 Å². The number of ketones is 1. The van der Waals surface area contributed by atoms with Gasteiger partial charge >= 0.3 is 0 Å². The molecule has 134 valence electrons. The van der Waals surface area contributed by atoms with Crippen molar-refractivity contribution < 1.29 is 29.6 Å². The highest BCUT2D eigenvalue weighted by Crippen LogP contribution is 2.22. The van der Waals surface area contributed by atoms with Crippen LogP contribution in [0.3, 0.4) is 0 Å². The number of ether oxygens (including phenoxy) is 2. The first-order valence-corrected chi connectivity index (χ1v) is 7.97. The molecule has 7 nitrogen and oxygen atoms in total. The van der Waals surface area contributed by atoms with E-state index < -0.39 is 24.6 Å². The van der Waals surface area contributed by atoms with Crippen LogP contribution >= 0.6 is 0 Å². The van der Waals surface area contributed by atoms with E-state index in [0.29, 0.717) is 22.4 Å². The number of aliphatic hydroxyl groups is 3. The predicted octanol–water partition coefficient (Wildman–Crippen LogP) is 0.607. The van der Waals surface area contributed by atoms with Crippen molar-refractivity contribution in [3.63, 3.8) is 0 Å². The molecule has 3 N–H and O–H groups in total. The van der Waals surface area contributed by atoms with E-state index in [-0.39, 0.29) is 12.4 Å². The number of nitriles is 1. The minimum Gasteiger partial charge on any atom is -0.462 e. The van der Waals surface area contributed by atoms with Crippen LogP contribution in [-0.2, 0) is 4.74 Å². The molecular weight excluding hydrogens is 338 g/mol. The van der Waals surface area contributed by atoms with Gasteiger partial charge < -0.3 is 24.8 Å². The molecule has 26 heavy (non-hydrogen) atoms. The number of aliphatic hydroxyl groups excluding tert-OH is 3. The zero-order valence-corrected chi connectivity index (χ0v) is 13.6. The van der Waals surface area contributed by atoms with Crippen LogP contribution in [-0.4, -0.2) is 52.3 Å². The molecule has 0 radical (unpaired) electrons. The van der Waals surface area contributed by atoms with Crippen molar-refractivity contribution >= 4 is 5.78 Å². The first-order chi connectivity index (χ1) is 12.5. The van der Waals surface area contributed by atoms with Gasteiger partial charge in [-0.3, -0.25) is 4.79 Å². The number of hydrogen-bond donors (Lipinski definition) is 3. The molecule has 0 unspecified atom stereocenters. The van der Waals surface area contributed by atoms with Crippen molar-refractivity contribution in [2.24, 2.45) is 0 Å². The van der Waals surface area contributed by atoms with Gasteiger partial charge in [0.2, 0.25) is 6.29 Å². The van der Waals surface area contributed by atoms with E-state index >= 15 is 0 Å². The molecule has 0 aromatic heterocycles. The van der Waals surface area contributed by atoms with E-state index in [9.17, 15) is 20.1 Å². The maximum atomic E-state index is 12.4. The Morgan fingerprint density at radius 2 is 1.58 bits per heavy atom. The minimum absolute atomic E-state index is 0.155. The number of nitrogens with zero attached hydrogens (tertiary/aromatic N) is 1. The molecule has 2 aromatic carbocycles. The lowest BCUT2D eigenvalue weighted by molar-refractivity contribution is -0.242. The Morgan fingerprint density at radius 3 is 2.15 bits per heavy atom. The first kappa shape index (κ1) is 18.0. The van der Waals surface area contributed by atoms with Crippen LogP contribution in [0, 0.1) is 11.3 Å². The molecule has 0 bridgehead atoms. The Bertz CT molecular complexity index is 811. The van der Waals surface area contributed by atoms with Crippen LogP contribution in [0.1, 0.15) is 21.5 Å². The Labute approximate surface area is 149 Å². The van der Waals surface area contributed by atoms with Crippen LogP contribution in [0.15, 0.2) is 48.5 Å². The van der Waals surface area contributed by atoms with Crippen molar-refractivity contribution in [3.8, 4) is 11.8 Å². The van der Waals surface area contributed by atoms with Gasteiger partial charge in [0.25, 0.3) is 0 Å². The highest BCUT2D eigenvalue weighted by Gasteiger charge is 2.38. The fourth-order valence-corrected chi connectivity index (χ4v) is 2.56. The second kappa shape index (κ2) is 7.64. The van der Waals surface area contributed by atoms with E-state index in [0.717, 1.165) is 0 Å². The minimum atomic E-state index is -1.39. The summed E-state index contributed by atoms with van der Waals surface area (Å²) in [5.74, 6) is 0.141. The number of benzene rings is 2. The molecule has 0 amide bonds. The van der Waals surface area contributed by atoms with Gasteiger partial charge in [0.1, 0.15) is 24.1 Å². The van der Waals surface area contributed by atoms with Gasteiger partial charge in [0, 0.05) is 11.1 Å². The van der Waals surface area contributed by atoms with Crippen LogP contribution < -0.4 is 4.74 Å². The third-order valence-corrected chi connectivity index (χ3v) is 4.10. The van der Waals surface area contributed by atoms with Crippen molar-refractivity contribution in [2.45, 2.75) is 24.6 Å². The SMILES string of the molecule is N#Cc1ccc(C(=O)c2ccc(O[C@H]3OC[C@@H](O)[C@@H](O)[C@@H]3O)cc2)cc1. The zero-order chi connectivity index (χ0) is 18.7. The Morgan fingerprint density at radius 1 is 1.00 bits per heavy atom. The molecular formula is C19H17NO6. The number of hydrogen-bond acceptors (Lipinski definition) is 7. The summed E-state index contributed by atoms with van der Waals surface area (Å²) in [7, 11) is 0. The van der Waals surface area contributed by atoms with Gasteiger partial charge in [-0.25, -0.2) is 0 Å². The second-order valence-electron chi connectivity index (χ2n) is 5.91. The molecule has 1 aliphatic heterocycles. The molecule has 1 heterocycles. The standard InChI is InChI=1S/C19H17NO6/c20-9-11-1-3-12(4-2-11)16(22)13-5-7-14(8-6-13)26-19-18(24)17(23)15(21)10-25-19/h1-8,15,17-19,21,23-24H,10H2/t15-,17-,18+,19-/m1/s1. The lowest BCUT2D eigenvalue weighted by atomic mass is 10.0. The highest BCUT2D eigenvalue weighted by atomic mass is 16.7. The van der Waals surface area contributed by atoms with Gasteiger partial charge in [-0.05, 0) is 48.5 Å². The maximum Gasteiger partial charge on any atom is 0.228 e. The summed E-state index contributed by atoms with van der Waals surface area (Å²) in [5.41, 5.74) is 1.37. The smallest absolute Gasteiger partial charge is 0.228 e. The van der Waals surface area contributed by atoms with E-state index in [1.807, 2.05) is 6.07 Å². The summed E-state index contributed by atoms with van der Waals surface area (Å²) >= 11 is 0. The normalized spacial score (nSPS) is 25.3. The van der Waals surface area contributed by atoms with E-state index in [1.165, 1.54) is 0 Å². The fraction of sp³-hybridized carbons (Fsp3) is 0.263. The molecule has 7 heteroatoms. The summed E-state index contributed by atoms with van der Waals surface area (Å²) in [5, 5.41) is 37.7. The van der Waals surface area contributed by atoms with Crippen molar-refractivity contribution in [2.75, 3.05) is 6.61 Å². The van der Waals surface area contributed by atoms with Crippen LogP contribution in [0.25, 0.3) is 0 Å². The molecule has 0 aliphatic carbocycles. The average Bonchev–Trinajstić information content (AvgIpc) is 2.68. The van der Waals surface area contributed by atoms with E-state index in [4.69, 9.17) is 14.7 Å². The molecule has 1 fully saturated rings. The predicted molar refractivity (Wildman–Crippen MR) is 89.4 cm³/mol. The average molecular weight is 355 g/mol. The first-order valence-electron chi connectivity index (χ1n) is 7.97. The van der Waals surface area contributed by atoms with Crippen molar-refractivity contribution in [1.82, 2.24) is 0 Å². The topological polar surface area (TPSA) is 120 Å². The van der Waals surface area contributed by atoms with Gasteiger partial charge in [-0.1, -0.05) is 0 Å². The molecule has 1 aliphatic rings. The molecule has 0 saturated carbocycles. The summed E-state index contributed by atoms with van der Waals surface area (Å²) in [6.07, 6.45) is -5.03. The molecule has 3 rings (SSSR count). The monoisotopic (exact) mass is 355 g/mol. The quantitative estimate of drug-likeness (QED) is 0.687. The molecule has 4 atom stereocenters. The number of carbonyl (C=O) groups is 1. The van der Waals surface area contributed by atoms with Gasteiger partial charge in [-0.2, -0.15) is 5.26 Å². The number of carbonyl (C=O) groups excluding carboxylic acids is 1.